The van der Waals surface area contributed by atoms with Crippen LogP contribution in [0.25, 0.3) is 0 Å². The van der Waals surface area contributed by atoms with Crippen molar-refractivity contribution >= 4 is 17.7 Å². The SMILES string of the molecule is CCS[C@H]1CC[C@@H](N(C)C(=O)Cc2cccc(O)c2)C1. The molecular weight excluding hydrogens is 270 g/mol. The molecule has 0 saturated heterocycles. The molecule has 1 aromatic rings. The van der Waals surface area contributed by atoms with Crippen LogP contribution in [0.4, 0.5) is 0 Å². The summed E-state index contributed by atoms with van der Waals surface area (Å²) in [6.07, 6.45) is 3.81. The molecule has 0 unspecified atom stereocenters. The predicted molar refractivity (Wildman–Crippen MR) is 84.1 cm³/mol. The Bertz CT molecular complexity index is 464. The van der Waals surface area contributed by atoms with Gasteiger partial charge in [-0.3, -0.25) is 4.79 Å². The highest BCUT2D eigenvalue weighted by atomic mass is 32.2. The Kier molecular flexibility index (Phi) is 5.35. The van der Waals surface area contributed by atoms with Gasteiger partial charge >= 0.3 is 0 Å². The largest absolute Gasteiger partial charge is 0.508 e. The van der Waals surface area contributed by atoms with E-state index in [1.165, 1.54) is 6.42 Å². The molecule has 1 aliphatic carbocycles. The minimum Gasteiger partial charge on any atom is -0.508 e. The molecule has 2 rings (SSSR count). The predicted octanol–water partition coefficient (Wildman–Crippen LogP) is 3.07. The van der Waals surface area contributed by atoms with Gasteiger partial charge < -0.3 is 10.0 Å². The molecule has 1 saturated carbocycles. The maximum Gasteiger partial charge on any atom is 0.226 e. The molecule has 2 atom stereocenters. The van der Waals surface area contributed by atoms with E-state index in [1.807, 2.05) is 29.8 Å². The Morgan fingerprint density at radius 2 is 2.25 bits per heavy atom. The van der Waals surface area contributed by atoms with E-state index in [0.29, 0.717) is 17.7 Å². The summed E-state index contributed by atoms with van der Waals surface area (Å²) >= 11 is 2.01. The van der Waals surface area contributed by atoms with Gasteiger partial charge in [-0.1, -0.05) is 19.1 Å². The molecule has 3 nitrogen and oxygen atoms in total. The third kappa shape index (κ3) is 3.92. The fourth-order valence-corrected chi connectivity index (χ4v) is 3.96. The van der Waals surface area contributed by atoms with Gasteiger partial charge in [0.15, 0.2) is 0 Å². The van der Waals surface area contributed by atoms with Crippen LogP contribution < -0.4 is 0 Å². The van der Waals surface area contributed by atoms with E-state index in [2.05, 4.69) is 6.92 Å². The lowest BCUT2D eigenvalue weighted by Gasteiger charge is -2.25. The molecule has 0 bridgehead atoms. The molecule has 0 spiro atoms. The van der Waals surface area contributed by atoms with Crippen molar-refractivity contribution in [1.82, 2.24) is 4.90 Å². The maximum absolute atomic E-state index is 12.3. The molecule has 20 heavy (non-hydrogen) atoms. The summed E-state index contributed by atoms with van der Waals surface area (Å²) in [4.78, 5) is 14.2. The van der Waals surface area contributed by atoms with Crippen molar-refractivity contribution in [3.05, 3.63) is 29.8 Å². The van der Waals surface area contributed by atoms with Crippen molar-refractivity contribution in [2.24, 2.45) is 0 Å². The second kappa shape index (κ2) is 7.02. The van der Waals surface area contributed by atoms with E-state index in [1.54, 1.807) is 18.2 Å². The van der Waals surface area contributed by atoms with Crippen LogP contribution in [-0.4, -0.2) is 40.0 Å². The molecule has 1 amide bonds. The zero-order chi connectivity index (χ0) is 14.5. The van der Waals surface area contributed by atoms with Gasteiger partial charge in [-0.2, -0.15) is 11.8 Å². The highest BCUT2D eigenvalue weighted by molar-refractivity contribution is 7.99. The van der Waals surface area contributed by atoms with E-state index >= 15 is 0 Å². The first kappa shape index (κ1) is 15.2. The smallest absolute Gasteiger partial charge is 0.226 e. The van der Waals surface area contributed by atoms with E-state index in [-0.39, 0.29) is 11.7 Å². The third-order valence-corrected chi connectivity index (χ3v) is 5.20. The molecule has 0 heterocycles. The van der Waals surface area contributed by atoms with Crippen LogP contribution in [0, 0.1) is 0 Å². The zero-order valence-electron chi connectivity index (χ0n) is 12.2. The van der Waals surface area contributed by atoms with Crippen molar-refractivity contribution in [3.63, 3.8) is 0 Å². The Balaban J connectivity index is 1.89. The van der Waals surface area contributed by atoms with Crippen molar-refractivity contribution in [2.75, 3.05) is 12.8 Å². The maximum atomic E-state index is 12.3. The molecule has 1 aliphatic rings. The first-order chi connectivity index (χ1) is 9.60. The van der Waals surface area contributed by atoms with Crippen molar-refractivity contribution in [2.45, 2.75) is 43.9 Å². The molecule has 1 fully saturated rings. The number of likely N-dealkylation sites (N-methyl/N-ethyl adjacent to an activating group) is 1. The van der Waals surface area contributed by atoms with Gasteiger partial charge in [0.2, 0.25) is 5.91 Å². The number of hydrogen-bond acceptors (Lipinski definition) is 3. The lowest BCUT2D eigenvalue weighted by molar-refractivity contribution is -0.131. The average Bonchev–Trinajstić information content (AvgIpc) is 2.87. The minimum atomic E-state index is 0.141. The van der Waals surface area contributed by atoms with Crippen LogP contribution >= 0.6 is 11.8 Å². The third-order valence-electron chi connectivity index (χ3n) is 3.97. The summed E-state index contributed by atoms with van der Waals surface area (Å²) in [5.41, 5.74) is 0.874. The summed E-state index contributed by atoms with van der Waals surface area (Å²) < 4.78 is 0. The quantitative estimate of drug-likeness (QED) is 0.907. The zero-order valence-corrected chi connectivity index (χ0v) is 13.0. The van der Waals surface area contributed by atoms with Crippen molar-refractivity contribution in [3.8, 4) is 5.75 Å². The summed E-state index contributed by atoms with van der Waals surface area (Å²) in [5.74, 6) is 1.51. The highest BCUT2D eigenvalue weighted by Gasteiger charge is 2.29. The molecule has 0 aromatic heterocycles. The Morgan fingerprint density at radius 1 is 1.45 bits per heavy atom. The number of carbonyl (C=O) groups is 1. The fourth-order valence-electron chi connectivity index (χ4n) is 2.83. The molecule has 4 heteroatoms. The first-order valence-electron chi connectivity index (χ1n) is 7.25. The van der Waals surface area contributed by atoms with Gasteiger partial charge in [0.25, 0.3) is 0 Å². The number of aromatic hydroxyl groups is 1. The Labute approximate surface area is 125 Å². The van der Waals surface area contributed by atoms with E-state index in [9.17, 15) is 9.90 Å². The number of amides is 1. The fraction of sp³-hybridized carbons (Fsp3) is 0.562. The number of benzene rings is 1. The van der Waals surface area contributed by atoms with Gasteiger partial charge in [-0.15, -0.1) is 0 Å². The topological polar surface area (TPSA) is 40.5 Å². The number of phenolic OH excluding ortho intramolecular Hbond substituents is 1. The number of rotatable bonds is 5. The van der Waals surface area contributed by atoms with Crippen molar-refractivity contribution < 1.29 is 9.90 Å². The van der Waals surface area contributed by atoms with Gasteiger partial charge in [0, 0.05) is 18.3 Å². The number of carbonyl (C=O) groups excluding carboxylic acids is 1. The molecule has 1 aromatic carbocycles. The number of hydrogen-bond donors (Lipinski definition) is 1. The molecule has 1 N–H and O–H groups in total. The van der Waals surface area contributed by atoms with Crippen LogP contribution in [0.5, 0.6) is 5.75 Å². The monoisotopic (exact) mass is 293 g/mol. The Hall–Kier alpha value is -1.16. The van der Waals surface area contributed by atoms with Gasteiger partial charge in [0.1, 0.15) is 5.75 Å². The molecule has 0 aliphatic heterocycles. The average molecular weight is 293 g/mol. The van der Waals surface area contributed by atoms with Crippen LogP contribution in [-0.2, 0) is 11.2 Å². The van der Waals surface area contributed by atoms with Gasteiger partial charge in [-0.25, -0.2) is 0 Å². The second-order valence-electron chi connectivity index (χ2n) is 5.40. The number of nitrogens with zero attached hydrogens (tertiary/aromatic N) is 1. The highest BCUT2D eigenvalue weighted by Crippen LogP contribution is 2.32. The standard InChI is InChI=1S/C16H23NO2S/c1-3-20-15-8-7-13(11-15)17(2)16(19)10-12-5-4-6-14(18)9-12/h4-6,9,13,15,18H,3,7-8,10-11H2,1-2H3/t13-,15+/m1/s1. The summed E-state index contributed by atoms with van der Waals surface area (Å²) in [5, 5.41) is 10.2. The van der Waals surface area contributed by atoms with Gasteiger partial charge in [0.05, 0.1) is 6.42 Å². The van der Waals surface area contributed by atoms with Crippen molar-refractivity contribution in [1.29, 1.82) is 0 Å². The molecular formula is C16H23NO2S. The van der Waals surface area contributed by atoms with E-state index < -0.39 is 0 Å². The summed E-state index contributed by atoms with van der Waals surface area (Å²) in [7, 11) is 1.91. The van der Waals surface area contributed by atoms with Gasteiger partial charge in [-0.05, 0) is 42.7 Å². The molecule has 0 radical (unpaired) electrons. The van der Waals surface area contributed by atoms with Crippen LogP contribution in [0.3, 0.4) is 0 Å². The lowest BCUT2D eigenvalue weighted by Crippen LogP contribution is -2.36. The lowest BCUT2D eigenvalue weighted by atomic mass is 10.1. The second-order valence-corrected chi connectivity index (χ2v) is 6.97. The first-order valence-corrected chi connectivity index (χ1v) is 8.30. The van der Waals surface area contributed by atoms with Crippen LogP contribution in [0.2, 0.25) is 0 Å². The minimum absolute atomic E-state index is 0.141. The van der Waals surface area contributed by atoms with Crippen LogP contribution in [0.15, 0.2) is 24.3 Å². The normalized spacial score (nSPS) is 21.9. The Morgan fingerprint density at radius 3 is 2.95 bits per heavy atom. The molecule has 110 valence electrons. The van der Waals surface area contributed by atoms with E-state index in [0.717, 1.165) is 24.2 Å². The summed E-state index contributed by atoms with van der Waals surface area (Å²) in [6.45, 7) is 2.19. The summed E-state index contributed by atoms with van der Waals surface area (Å²) in [6, 6.07) is 7.33. The van der Waals surface area contributed by atoms with Crippen LogP contribution in [0.1, 0.15) is 31.7 Å². The number of phenols is 1. The van der Waals surface area contributed by atoms with E-state index in [4.69, 9.17) is 0 Å². The number of thioether (sulfide) groups is 1.